The summed E-state index contributed by atoms with van der Waals surface area (Å²) in [6.07, 6.45) is 14.1. The Kier molecular flexibility index (Phi) is 17.2. The number of sulfonamides is 2. The number of piperidine rings is 3. The normalized spacial score (nSPS) is 19.5. The van der Waals surface area contributed by atoms with Crippen molar-refractivity contribution in [3.63, 3.8) is 0 Å². The van der Waals surface area contributed by atoms with Crippen LogP contribution in [0.5, 0.6) is 0 Å². The van der Waals surface area contributed by atoms with E-state index >= 15 is 0 Å². The highest BCUT2D eigenvalue weighted by atomic mass is 32.2. The predicted molar refractivity (Wildman–Crippen MR) is 326 cm³/mol. The van der Waals surface area contributed by atoms with Gasteiger partial charge in [0.05, 0.1) is 24.1 Å². The molecule has 4 saturated heterocycles. The minimum Gasteiger partial charge on any atom is -0.367 e. The van der Waals surface area contributed by atoms with Crippen LogP contribution in [-0.2, 0) is 24.8 Å². The van der Waals surface area contributed by atoms with E-state index in [1.807, 2.05) is 75.8 Å². The van der Waals surface area contributed by atoms with Crippen molar-refractivity contribution in [2.45, 2.75) is 90.0 Å². The highest BCUT2D eigenvalue weighted by Crippen LogP contribution is 2.42. The highest BCUT2D eigenvalue weighted by Gasteiger charge is 2.40. The Morgan fingerprint density at radius 1 is 0.588 bits per heavy atom. The molecule has 0 radical (unpaired) electrons. The SMILES string of the molecule is CC1CN(c2c[nH]c3ccccc23)CCN1S(C)(=O)=O.Cc1ccc2c(c1)C(C1CCN(S(C)(=O)=O)CC1)C(=O)N2.Cc1nc(N2CCC(c3c[nH]c4cc(F)ccc34)CC2)no1.Cc1noc(N2CCC(c3c[nH]c4cc(F)ccc34)CC2)n1. The predicted octanol–water partition coefficient (Wildman–Crippen LogP) is 10.1. The van der Waals surface area contributed by atoms with E-state index in [2.05, 4.69) is 73.4 Å². The first-order valence-corrected chi connectivity index (χ1v) is 32.7. The number of benzene rings is 4. The first kappa shape index (κ1) is 59.1. The largest absolute Gasteiger partial charge is 0.367 e. The molecular weight excluding hydrogens is 1130 g/mol. The van der Waals surface area contributed by atoms with Crippen molar-refractivity contribution in [1.29, 1.82) is 0 Å². The van der Waals surface area contributed by atoms with Gasteiger partial charge in [0.25, 0.3) is 5.95 Å². The maximum Gasteiger partial charge on any atom is 0.324 e. The molecule has 0 spiro atoms. The second-order valence-electron chi connectivity index (χ2n) is 23.1. The summed E-state index contributed by atoms with van der Waals surface area (Å²) in [6, 6.07) is 24.7. The molecule has 14 rings (SSSR count). The number of halogens is 2. The summed E-state index contributed by atoms with van der Waals surface area (Å²) in [4.78, 5) is 37.0. The number of nitrogens with zero attached hydrogens (tertiary/aromatic N) is 9. The minimum atomic E-state index is -3.12. The number of aromatic amines is 3. The number of hydrogen-bond donors (Lipinski definition) is 4. The van der Waals surface area contributed by atoms with Crippen LogP contribution in [0.25, 0.3) is 32.7 Å². The Morgan fingerprint density at radius 2 is 1.20 bits per heavy atom. The number of carbonyl (C=O) groups excluding carboxylic acids is 1. The first-order chi connectivity index (χ1) is 40.7. The third kappa shape index (κ3) is 13.3. The molecule has 5 aromatic heterocycles. The zero-order valence-corrected chi connectivity index (χ0v) is 50.3. The fraction of sp³-hybridized carbons (Fsp3) is 0.426. The molecule has 5 aliphatic rings. The average Bonchev–Trinajstić information content (AvgIpc) is 4.49. The van der Waals surface area contributed by atoms with Gasteiger partial charge in [-0.1, -0.05) is 41.1 Å². The lowest BCUT2D eigenvalue weighted by atomic mass is 9.81. The number of aromatic nitrogens is 7. The van der Waals surface area contributed by atoms with Gasteiger partial charge in [0, 0.05) is 129 Å². The molecular formula is C61H73F2N13O7S2. The van der Waals surface area contributed by atoms with E-state index in [1.165, 1.54) is 45.5 Å². The van der Waals surface area contributed by atoms with Gasteiger partial charge in [-0.15, -0.1) is 0 Å². The van der Waals surface area contributed by atoms with Gasteiger partial charge in [-0.25, -0.2) is 29.9 Å². The number of aryl methyl sites for hydroxylation is 3. The lowest BCUT2D eigenvalue weighted by Gasteiger charge is -2.39. The third-order valence-corrected chi connectivity index (χ3v) is 19.9. The monoisotopic (exact) mass is 1200 g/mol. The van der Waals surface area contributed by atoms with Crippen molar-refractivity contribution in [3.05, 3.63) is 143 Å². The maximum atomic E-state index is 13.3. The second-order valence-corrected chi connectivity index (χ2v) is 27.0. The van der Waals surface area contributed by atoms with E-state index in [0.717, 1.165) is 128 Å². The second kappa shape index (κ2) is 24.7. The van der Waals surface area contributed by atoms with Gasteiger partial charge in [0.1, 0.15) is 11.6 Å². The number of fused-ring (bicyclic) bond motifs is 4. The van der Waals surface area contributed by atoms with Gasteiger partial charge in [-0.05, 0) is 147 Å². The summed E-state index contributed by atoms with van der Waals surface area (Å²) in [7, 11) is -6.23. The number of amides is 1. The molecule has 0 bridgehead atoms. The molecule has 450 valence electrons. The molecule has 1 amide bonds. The average molecular weight is 1200 g/mol. The number of rotatable bonds is 8. The summed E-state index contributed by atoms with van der Waals surface area (Å²) in [5, 5.41) is 14.2. The van der Waals surface area contributed by atoms with Crippen LogP contribution in [-0.4, -0.2) is 144 Å². The molecule has 2 unspecified atom stereocenters. The van der Waals surface area contributed by atoms with E-state index in [9.17, 15) is 30.4 Å². The fourth-order valence-corrected chi connectivity index (χ4v) is 14.9. The van der Waals surface area contributed by atoms with E-state index < -0.39 is 20.0 Å². The van der Waals surface area contributed by atoms with Gasteiger partial charge < -0.3 is 44.0 Å². The van der Waals surface area contributed by atoms with Gasteiger partial charge in [0.15, 0.2) is 5.82 Å². The van der Waals surface area contributed by atoms with Crippen LogP contribution >= 0.6 is 0 Å². The lowest BCUT2D eigenvalue weighted by molar-refractivity contribution is -0.118. The molecule has 24 heteroatoms. The van der Waals surface area contributed by atoms with Crippen molar-refractivity contribution in [1.82, 2.24) is 43.8 Å². The minimum absolute atomic E-state index is 0.00703. The van der Waals surface area contributed by atoms with Gasteiger partial charge in [0.2, 0.25) is 31.8 Å². The number of carbonyl (C=O) groups is 1. The summed E-state index contributed by atoms with van der Waals surface area (Å²) in [5.74, 6) is 2.60. The van der Waals surface area contributed by atoms with Crippen molar-refractivity contribution in [2.75, 3.05) is 91.4 Å². The molecule has 10 heterocycles. The van der Waals surface area contributed by atoms with Crippen LogP contribution in [0.1, 0.15) is 97.2 Å². The molecule has 4 aromatic carbocycles. The smallest absolute Gasteiger partial charge is 0.324 e. The Bertz CT molecular complexity index is 3910. The first-order valence-electron chi connectivity index (χ1n) is 29.0. The van der Waals surface area contributed by atoms with Crippen molar-refractivity contribution in [3.8, 4) is 0 Å². The Morgan fingerprint density at radius 3 is 1.76 bits per heavy atom. The molecule has 9 aromatic rings. The number of nitrogens with one attached hydrogen (secondary N) is 4. The van der Waals surface area contributed by atoms with Crippen LogP contribution in [0.3, 0.4) is 0 Å². The van der Waals surface area contributed by atoms with E-state index in [4.69, 9.17) is 9.05 Å². The van der Waals surface area contributed by atoms with Crippen LogP contribution < -0.4 is 20.0 Å². The molecule has 0 aliphatic carbocycles. The molecule has 2 atom stereocenters. The van der Waals surface area contributed by atoms with E-state index in [-0.39, 0.29) is 35.4 Å². The molecule has 20 nitrogen and oxygen atoms in total. The maximum absolute atomic E-state index is 13.3. The number of hydrogen-bond acceptors (Lipinski definition) is 14. The van der Waals surface area contributed by atoms with Gasteiger partial charge >= 0.3 is 6.01 Å². The van der Waals surface area contributed by atoms with Crippen molar-refractivity contribution < 1.29 is 39.5 Å². The number of anilines is 4. The molecule has 4 N–H and O–H groups in total. The van der Waals surface area contributed by atoms with Gasteiger partial charge in [-0.2, -0.15) is 14.3 Å². The summed E-state index contributed by atoms with van der Waals surface area (Å²) < 4.78 is 86.5. The quantitative estimate of drug-likeness (QED) is 0.111. The summed E-state index contributed by atoms with van der Waals surface area (Å²) in [6.45, 7) is 14.2. The van der Waals surface area contributed by atoms with Crippen LogP contribution in [0.4, 0.5) is 32.1 Å². The lowest BCUT2D eigenvalue weighted by Crippen LogP contribution is -2.53. The third-order valence-electron chi connectivity index (χ3n) is 17.2. The zero-order valence-electron chi connectivity index (χ0n) is 48.7. The zero-order chi connectivity index (χ0) is 59.7. The number of para-hydroxylation sites is 1. The Labute approximate surface area is 493 Å². The topological polar surface area (TPSA) is 239 Å². The fourth-order valence-electron chi connectivity index (χ4n) is 12.9. The van der Waals surface area contributed by atoms with E-state index in [0.29, 0.717) is 55.1 Å². The van der Waals surface area contributed by atoms with Crippen LogP contribution in [0.15, 0.2) is 106 Å². The summed E-state index contributed by atoms with van der Waals surface area (Å²) in [5.41, 5.74) is 9.66. The van der Waals surface area contributed by atoms with Crippen molar-refractivity contribution in [2.24, 2.45) is 5.92 Å². The molecule has 4 fully saturated rings. The van der Waals surface area contributed by atoms with Crippen molar-refractivity contribution >= 4 is 82.0 Å². The Balaban J connectivity index is 0.000000118. The van der Waals surface area contributed by atoms with Gasteiger partial charge in [-0.3, -0.25) is 4.79 Å². The van der Waals surface area contributed by atoms with Crippen LogP contribution in [0.2, 0.25) is 0 Å². The molecule has 0 saturated carbocycles. The molecule has 85 heavy (non-hydrogen) atoms. The van der Waals surface area contributed by atoms with E-state index in [1.54, 1.807) is 23.4 Å². The Hall–Kier alpha value is -7.67. The molecule has 5 aliphatic heterocycles. The number of H-pyrrole nitrogens is 3. The summed E-state index contributed by atoms with van der Waals surface area (Å²) >= 11 is 0. The van der Waals surface area contributed by atoms with Crippen LogP contribution in [0, 0.1) is 38.3 Å². The highest BCUT2D eigenvalue weighted by molar-refractivity contribution is 7.88. The number of piperazine rings is 1. The standard InChI is InChI=1S/2C16H17FN4O.C15H20N2O3S.C14H19N3O2S/c1-10-19-16(20-22-10)21-6-4-11(5-7-21)14-9-18-15-8-12(17)2-3-13(14)15;1-10-19-16(22-20-10)21-6-4-11(5-7-21)14-9-18-15-8-12(17)2-3-13(14)15;1-10-3-4-13-12(9-10)14(15(18)16-13)11-5-7-17(8-6-11)21(2,19)20;1-11-10-16(7-8-17(11)20(2,18)19)14-9-15-13-6-4-3-5-12(13)14/h2*2-3,8-9,11,18H,4-7H2,1H3;3-4,9,11,14H,5-8H2,1-2H3,(H,16,18);3-6,9,11,15H,7-8,10H2,1-2H3.